The molecule has 1 saturated heterocycles. The van der Waals surface area contributed by atoms with Crippen LogP contribution in [0.15, 0.2) is 24.3 Å². The predicted octanol–water partition coefficient (Wildman–Crippen LogP) is 2.43. The Kier molecular flexibility index (Phi) is 5.67. The Morgan fingerprint density at radius 1 is 1.24 bits per heavy atom. The molecule has 10 heteroatoms. The first kappa shape index (κ1) is 20.7. The van der Waals surface area contributed by atoms with Crippen LogP contribution in [0.1, 0.15) is 49.5 Å². The Hall–Kier alpha value is -1.55. The van der Waals surface area contributed by atoms with Crippen LogP contribution in [-0.4, -0.2) is 65.0 Å². The Balaban J connectivity index is 1.62. The maximum Gasteiger partial charge on any atom is 0.218 e. The number of nitrogens with zero attached hydrogens (tertiary/aromatic N) is 6. The van der Waals surface area contributed by atoms with E-state index in [0.717, 1.165) is 18.7 Å². The smallest absolute Gasteiger partial charge is 0.218 e. The van der Waals surface area contributed by atoms with Crippen LogP contribution in [0.3, 0.4) is 0 Å². The maximum absolute atomic E-state index is 13.2. The lowest BCUT2D eigenvalue weighted by atomic mass is 9.95. The van der Waals surface area contributed by atoms with E-state index in [2.05, 4.69) is 20.4 Å². The molecule has 158 valence electrons. The minimum atomic E-state index is -3.52. The number of sulfonamides is 1. The van der Waals surface area contributed by atoms with E-state index in [0.29, 0.717) is 36.1 Å². The van der Waals surface area contributed by atoms with Crippen molar-refractivity contribution in [3.63, 3.8) is 0 Å². The standard InChI is InChI=1S/C19H27ClN6O2S/c1-24(2)19(18-21-22-23-26(18)16-8-4-5-9-16)11-12-25(14-19)29(27,28)13-15-7-3-6-10-17(15)20/h3,6-7,10,16H,4-5,8-9,11-14H2,1-2H3. The third kappa shape index (κ3) is 3.81. The zero-order valence-corrected chi connectivity index (χ0v) is 18.4. The van der Waals surface area contributed by atoms with Gasteiger partial charge in [0, 0.05) is 18.1 Å². The summed E-state index contributed by atoms with van der Waals surface area (Å²) in [5.74, 6) is 0.661. The van der Waals surface area contributed by atoms with Gasteiger partial charge in [0.05, 0.1) is 17.3 Å². The summed E-state index contributed by atoms with van der Waals surface area (Å²) in [7, 11) is 0.421. The molecule has 1 aromatic carbocycles. The summed E-state index contributed by atoms with van der Waals surface area (Å²) in [5, 5.41) is 13.1. The zero-order chi connectivity index (χ0) is 20.6. The molecule has 1 aromatic heterocycles. The molecular formula is C19H27ClN6O2S. The number of likely N-dealkylation sites (N-methyl/N-ethyl adjacent to an activating group) is 1. The Labute approximate surface area is 176 Å². The lowest BCUT2D eigenvalue weighted by Gasteiger charge is -2.35. The number of halogens is 1. The van der Waals surface area contributed by atoms with Gasteiger partial charge in [0.2, 0.25) is 10.0 Å². The van der Waals surface area contributed by atoms with Gasteiger partial charge in [0.1, 0.15) is 0 Å². The number of aromatic nitrogens is 4. The molecule has 29 heavy (non-hydrogen) atoms. The molecule has 1 aliphatic heterocycles. The highest BCUT2D eigenvalue weighted by Crippen LogP contribution is 2.39. The van der Waals surface area contributed by atoms with Gasteiger partial charge < -0.3 is 0 Å². The third-order valence-corrected chi connectivity index (χ3v) is 8.48. The average Bonchev–Trinajstić information content (AvgIpc) is 3.43. The fraction of sp³-hybridized carbons (Fsp3) is 0.632. The fourth-order valence-electron chi connectivity index (χ4n) is 4.54. The molecular weight excluding hydrogens is 412 g/mol. The van der Waals surface area contributed by atoms with Crippen LogP contribution >= 0.6 is 11.6 Å². The number of hydrogen-bond donors (Lipinski definition) is 0. The molecule has 4 rings (SSSR count). The van der Waals surface area contributed by atoms with E-state index in [4.69, 9.17) is 11.6 Å². The van der Waals surface area contributed by atoms with Crippen LogP contribution in [0.25, 0.3) is 0 Å². The summed E-state index contributed by atoms with van der Waals surface area (Å²) in [4.78, 5) is 2.06. The normalized spacial score (nSPS) is 24.0. The van der Waals surface area contributed by atoms with Crippen molar-refractivity contribution in [2.45, 2.75) is 49.4 Å². The average molecular weight is 439 g/mol. The van der Waals surface area contributed by atoms with Crippen molar-refractivity contribution in [1.29, 1.82) is 0 Å². The van der Waals surface area contributed by atoms with Gasteiger partial charge in [-0.25, -0.2) is 13.1 Å². The van der Waals surface area contributed by atoms with Crippen molar-refractivity contribution in [3.8, 4) is 0 Å². The number of hydrogen-bond acceptors (Lipinski definition) is 6. The fourth-order valence-corrected chi connectivity index (χ4v) is 6.43. The van der Waals surface area contributed by atoms with Crippen molar-refractivity contribution < 1.29 is 8.42 Å². The third-order valence-electron chi connectivity index (χ3n) is 6.34. The molecule has 0 spiro atoms. The second-order valence-corrected chi connectivity index (χ2v) is 10.6. The predicted molar refractivity (Wildman–Crippen MR) is 111 cm³/mol. The molecule has 8 nitrogen and oxygen atoms in total. The van der Waals surface area contributed by atoms with Gasteiger partial charge in [0.25, 0.3) is 0 Å². The van der Waals surface area contributed by atoms with E-state index in [-0.39, 0.29) is 5.75 Å². The molecule has 0 bridgehead atoms. The molecule has 0 radical (unpaired) electrons. The quantitative estimate of drug-likeness (QED) is 0.688. The monoisotopic (exact) mass is 438 g/mol. The summed E-state index contributed by atoms with van der Waals surface area (Å²) < 4.78 is 29.8. The molecule has 1 aliphatic carbocycles. The van der Waals surface area contributed by atoms with Gasteiger partial charge in [-0.1, -0.05) is 42.6 Å². The van der Waals surface area contributed by atoms with Crippen LogP contribution < -0.4 is 0 Å². The lowest BCUT2D eigenvalue weighted by Crippen LogP contribution is -2.47. The van der Waals surface area contributed by atoms with E-state index in [1.165, 1.54) is 12.8 Å². The first-order valence-electron chi connectivity index (χ1n) is 10.0. The van der Waals surface area contributed by atoms with Crippen LogP contribution in [0, 0.1) is 0 Å². The van der Waals surface area contributed by atoms with Crippen molar-refractivity contribution in [3.05, 3.63) is 40.7 Å². The van der Waals surface area contributed by atoms with Crippen LogP contribution in [0.5, 0.6) is 0 Å². The summed E-state index contributed by atoms with van der Waals surface area (Å²) in [6.07, 6.45) is 5.13. The molecule has 2 heterocycles. The van der Waals surface area contributed by atoms with E-state index in [1.807, 2.05) is 18.8 Å². The van der Waals surface area contributed by atoms with Gasteiger partial charge in [-0.3, -0.25) is 4.90 Å². The first-order valence-corrected chi connectivity index (χ1v) is 12.0. The minimum Gasteiger partial charge on any atom is -0.296 e. The topological polar surface area (TPSA) is 84.2 Å². The minimum absolute atomic E-state index is 0.107. The van der Waals surface area contributed by atoms with Gasteiger partial charge in [-0.2, -0.15) is 4.31 Å². The summed E-state index contributed by atoms with van der Waals surface area (Å²) in [6.45, 7) is 0.766. The van der Waals surface area contributed by atoms with Crippen LogP contribution in [0.2, 0.25) is 5.02 Å². The number of tetrazole rings is 1. The van der Waals surface area contributed by atoms with Gasteiger partial charge >= 0.3 is 0 Å². The zero-order valence-electron chi connectivity index (χ0n) is 16.8. The number of benzene rings is 1. The van der Waals surface area contributed by atoms with E-state index in [1.54, 1.807) is 28.6 Å². The highest BCUT2D eigenvalue weighted by molar-refractivity contribution is 7.88. The van der Waals surface area contributed by atoms with E-state index in [9.17, 15) is 8.42 Å². The summed E-state index contributed by atoms with van der Waals surface area (Å²) >= 11 is 6.20. The summed E-state index contributed by atoms with van der Waals surface area (Å²) in [6, 6.07) is 7.38. The van der Waals surface area contributed by atoms with Gasteiger partial charge in [-0.15, -0.1) is 5.10 Å². The summed E-state index contributed by atoms with van der Waals surface area (Å²) in [5.41, 5.74) is 0.0759. The van der Waals surface area contributed by atoms with Gasteiger partial charge in [-0.05, 0) is 55.4 Å². The molecule has 0 N–H and O–H groups in total. The highest BCUT2D eigenvalue weighted by atomic mass is 35.5. The Morgan fingerprint density at radius 2 is 1.97 bits per heavy atom. The largest absolute Gasteiger partial charge is 0.296 e. The van der Waals surface area contributed by atoms with Crippen molar-refractivity contribution in [2.75, 3.05) is 27.2 Å². The van der Waals surface area contributed by atoms with Gasteiger partial charge in [0.15, 0.2) is 5.82 Å². The first-order chi connectivity index (χ1) is 13.8. The molecule has 2 fully saturated rings. The molecule has 1 atom stereocenters. The second-order valence-electron chi connectivity index (χ2n) is 8.24. The van der Waals surface area contributed by atoms with E-state index >= 15 is 0 Å². The van der Waals surface area contributed by atoms with Crippen molar-refractivity contribution in [2.24, 2.45) is 0 Å². The molecule has 0 amide bonds. The van der Waals surface area contributed by atoms with Crippen LogP contribution in [0.4, 0.5) is 0 Å². The highest BCUT2D eigenvalue weighted by Gasteiger charge is 2.49. The number of rotatable bonds is 6. The van der Waals surface area contributed by atoms with Crippen molar-refractivity contribution in [1.82, 2.24) is 29.4 Å². The second kappa shape index (κ2) is 7.94. The Bertz CT molecular complexity index is 973. The molecule has 2 aromatic rings. The van der Waals surface area contributed by atoms with Crippen molar-refractivity contribution >= 4 is 21.6 Å². The van der Waals surface area contributed by atoms with Crippen LogP contribution in [-0.2, 0) is 21.3 Å². The molecule has 1 unspecified atom stereocenters. The lowest BCUT2D eigenvalue weighted by molar-refractivity contribution is 0.144. The Morgan fingerprint density at radius 3 is 2.66 bits per heavy atom. The van der Waals surface area contributed by atoms with E-state index < -0.39 is 15.6 Å². The molecule has 1 saturated carbocycles. The molecule has 2 aliphatic rings. The SMILES string of the molecule is CN(C)C1(c2nnnn2C2CCCC2)CCN(S(=O)(=O)Cc2ccccc2Cl)C1. The maximum atomic E-state index is 13.2.